The number of ether oxygens (including phenoxy) is 2. The van der Waals surface area contributed by atoms with Gasteiger partial charge in [0, 0.05) is 21.4 Å². The molecular weight excluding hydrogens is 392 g/mol. The molecule has 1 N–H and O–H groups in total. The van der Waals surface area contributed by atoms with E-state index < -0.39 is 10.9 Å². The molecule has 2 aromatic carbocycles. The summed E-state index contributed by atoms with van der Waals surface area (Å²) >= 11 is 3.37. The first-order valence-corrected chi connectivity index (χ1v) is 8.04. The van der Waals surface area contributed by atoms with Gasteiger partial charge in [-0.25, -0.2) is 4.79 Å². The van der Waals surface area contributed by atoms with E-state index in [9.17, 15) is 14.9 Å². The van der Waals surface area contributed by atoms with Gasteiger partial charge in [0.1, 0.15) is 12.3 Å². The molecule has 0 saturated carbocycles. The number of nitro groups is 1. The van der Waals surface area contributed by atoms with Gasteiger partial charge in [-0.2, -0.15) is 0 Å². The molecule has 1 heterocycles. The number of methoxy groups -OCH3 is 1. The molecule has 0 amide bonds. The van der Waals surface area contributed by atoms with E-state index in [0.717, 1.165) is 15.4 Å². The third kappa shape index (κ3) is 3.63. The minimum absolute atomic E-state index is 0.0806. The van der Waals surface area contributed by atoms with E-state index in [-0.39, 0.29) is 18.0 Å². The predicted molar refractivity (Wildman–Crippen MR) is 94.8 cm³/mol. The monoisotopic (exact) mass is 404 g/mol. The first-order valence-electron chi connectivity index (χ1n) is 7.24. The molecule has 25 heavy (non-hydrogen) atoms. The molecule has 3 aromatic rings. The summed E-state index contributed by atoms with van der Waals surface area (Å²) < 4.78 is 11.1. The van der Waals surface area contributed by atoms with E-state index in [1.165, 1.54) is 19.2 Å². The number of carbonyl (C=O) groups excluding carboxylic acids is 1. The number of aromatic amines is 1. The van der Waals surface area contributed by atoms with Crippen LogP contribution in [0.1, 0.15) is 16.1 Å². The fraction of sp³-hybridized carbons (Fsp3) is 0.118. The molecule has 0 saturated heterocycles. The molecule has 0 unspecified atom stereocenters. The Hall–Kier alpha value is -2.87. The second-order valence-corrected chi connectivity index (χ2v) is 6.17. The van der Waals surface area contributed by atoms with Crippen molar-refractivity contribution in [2.24, 2.45) is 0 Å². The van der Waals surface area contributed by atoms with Crippen LogP contribution in [0.25, 0.3) is 10.9 Å². The Bertz CT molecular complexity index is 967. The van der Waals surface area contributed by atoms with Gasteiger partial charge in [0.05, 0.1) is 12.0 Å². The van der Waals surface area contributed by atoms with Gasteiger partial charge in [-0.3, -0.25) is 10.1 Å². The van der Waals surface area contributed by atoms with Crippen molar-refractivity contribution in [1.29, 1.82) is 0 Å². The van der Waals surface area contributed by atoms with Crippen LogP contribution >= 0.6 is 15.9 Å². The van der Waals surface area contributed by atoms with Crippen LogP contribution in [-0.2, 0) is 11.3 Å². The summed E-state index contributed by atoms with van der Waals surface area (Å²) in [5.41, 5.74) is 1.46. The van der Waals surface area contributed by atoms with E-state index in [1.54, 1.807) is 12.1 Å². The number of H-pyrrole nitrogens is 1. The Kier molecular flexibility index (Phi) is 4.71. The molecule has 0 radical (unpaired) electrons. The van der Waals surface area contributed by atoms with Crippen molar-refractivity contribution in [1.82, 2.24) is 4.98 Å². The average Bonchev–Trinajstić information content (AvgIpc) is 3.02. The lowest BCUT2D eigenvalue weighted by atomic mass is 10.2. The minimum atomic E-state index is -0.542. The quantitative estimate of drug-likeness (QED) is 0.390. The first kappa shape index (κ1) is 17.0. The van der Waals surface area contributed by atoms with Crippen LogP contribution in [0, 0.1) is 10.1 Å². The number of fused-ring (bicyclic) bond motifs is 1. The van der Waals surface area contributed by atoms with Crippen LogP contribution < -0.4 is 4.74 Å². The first-order chi connectivity index (χ1) is 12.0. The molecule has 0 aliphatic carbocycles. The molecule has 0 fully saturated rings. The van der Waals surface area contributed by atoms with Gasteiger partial charge >= 0.3 is 11.7 Å². The highest BCUT2D eigenvalue weighted by atomic mass is 79.9. The highest BCUT2D eigenvalue weighted by Crippen LogP contribution is 2.28. The van der Waals surface area contributed by atoms with E-state index in [0.29, 0.717) is 11.3 Å². The Morgan fingerprint density at radius 3 is 2.76 bits per heavy atom. The summed E-state index contributed by atoms with van der Waals surface area (Å²) in [7, 11) is 1.36. The van der Waals surface area contributed by atoms with Gasteiger partial charge in [0.15, 0.2) is 5.75 Å². The van der Waals surface area contributed by atoms with Crippen LogP contribution in [0.3, 0.4) is 0 Å². The van der Waals surface area contributed by atoms with E-state index >= 15 is 0 Å². The molecule has 7 nitrogen and oxygen atoms in total. The van der Waals surface area contributed by atoms with Crippen molar-refractivity contribution in [2.45, 2.75) is 6.61 Å². The zero-order chi connectivity index (χ0) is 18.0. The maximum atomic E-state index is 12.2. The Balaban J connectivity index is 1.75. The van der Waals surface area contributed by atoms with Gasteiger partial charge in [0.2, 0.25) is 0 Å². The number of hydrogen-bond acceptors (Lipinski definition) is 5. The Morgan fingerprint density at radius 1 is 1.24 bits per heavy atom. The molecule has 0 aliphatic rings. The van der Waals surface area contributed by atoms with Crippen LogP contribution in [0.4, 0.5) is 5.69 Å². The Labute approximate surface area is 150 Å². The van der Waals surface area contributed by atoms with Crippen LogP contribution in [0.5, 0.6) is 5.75 Å². The topological polar surface area (TPSA) is 94.5 Å². The molecular formula is C17H13BrN2O5. The molecule has 0 bridgehead atoms. The van der Waals surface area contributed by atoms with Gasteiger partial charge in [-0.05, 0) is 35.9 Å². The molecule has 0 spiro atoms. The zero-order valence-corrected chi connectivity index (χ0v) is 14.7. The molecule has 0 aliphatic heterocycles. The largest absolute Gasteiger partial charge is 0.490 e. The lowest BCUT2D eigenvalue weighted by molar-refractivity contribution is -0.385. The van der Waals surface area contributed by atoms with Crippen molar-refractivity contribution >= 4 is 38.5 Å². The van der Waals surface area contributed by atoms with Crippen LogP contribution in [0.2, 0.25) is 0 Å². The number of hydrogen-bond donors (Lipinski definition) is 1. The van der Waals surface area contributed by atoms with Crippen molar-refractivity contribution in [3.63, 3.8) is 0 Å². The number of benzene rings is 2. The second kappa shape index (κ2) is 6.94. The lowest BCUT2D eigenvalue weighted by Gasteiger charge is -2.06. The fourth-order valence-corrected chi connectivity index (χ4v) is 2.79. The summed E-state index contributed by atoms with van der Waals surface area (Å²) in [6, 6.07) is 11.7. The molecule has 1 aromatic heterocycles. The summed E-state index contributed by atoms with van der Waals surface area (Å²) in [6.45, 7) is -0.0806. The third-order valence-electron chi connectivity index (χ3n) is 3.61. The summed E-state index contributed by atoms with van der Waals surface area (Å²) in [6.07, 6.45) is 0. The second-order valence-electron chi connectivity index (χ2n) is 5.25. The van der Waals surface area contributed by atoms with E-state index in [4.69, 9.17) is 9.47 Å². The van der Waals surface area contributed by atoms with Gasteiger partial charge in [-0.15, -0.1) is 0 Å². The standard InChI is InChI=1S/C17H13BrN2O5/c1-24-16-5-2-10(6-15(16)20(22)23)9-25-17(21)14-8-11-7-12(18)3-4-13(11)19-14/h2-8,19H,9H2,1H3. The predicted octanol–water partition coefficient (Wildman–Crippen LogP) is 4.20. The van der Waals surface area contributed by atoms with E-state index in [1.807, 2.05) is 18.2 Å². The summed E-state index contributed by atoms with van der Waals surface area (Å²) in [5.74, 6) is -0.382. The van der Waals surface area contributed by atoms with Crippen LogP contribution in [0.15, 0.2) is 46.9 Å². The SMILES string of the molecule is COc1ccc(COC(=O)c2cc3cc(Br)ccc3[nH]2)cc1[N+](=O)[O-]. The number of rotatable bonds is 5. The number of carbonyl (C=O) groups is 1. The maximum absolute atomic E-state index is 12.2. The summed E-state index contributed by atoms with van der Waals surface area (Å²) in [5, 5.41) is 11.9. The van der Waals surface area contributed by atoms with E-state index in [2.05, 4.69) is 20.9 Å². The Morgan fingerprint density at radius 2 is 2.04 bits per heavy atom. The maximum Gasteiger partial charge on any atom is 0.355 e. The number of nitrogens with one attached hydrogen (secondary N) is 1. The molecule has 128 valence electrons. The van der Waals surface area contributed by atoms with Gasteiger partial charge < -0.3 is 14.5 Å². The number of esters is 1. The number of nitrogens with zero attached hydrogens (tertiary/aromatic N) is 1. The third-order valence-corrected chi connectivity index (χ3v) is 4.11. The van der Waals surface area contributed by atoms with Crippen molar-refractivity contribution in [3.8, 4) is 5.75 Å². The fourth-order valence-electron chi connectivity index (χ4n) is 2.41. The molecule has 0 atom stereocenters. The zero-order valence-electron chi connectivity index (χ0n) is 13.1. The molecule has 3 rings (SSSR count). The minimum Gasteiger partial charge on any atom is -0.490 e. The smallest absolute Gasteiger partial charge is 0.355 e. The van der Waals surface area contributed by atoms with Crippen molar-refractivity contribution in [2.75, 3.05) is 7.11 Å². The lowest BCUT2D eigenvalue weighted by Crippen LogP contribution is -2.06. The highest BCUT2D eigenvalue weighted by Gasteiger charge is 2.17. The average molecular weight is 405 g/mol. The van der Waals surface area contributed by atoms with Gasteiger partial charge in [-0.1, -0.05) is 22.0 Å². The van der Waals surface area contributed by atoms with Crippen molar-refractivity contribution in [3.05, 3.63) is 68.3 Å². The number of nitro benzene ring substituents is 1. The van der Waals surface area contributed by atoms with Gasteiger partial charge in [0.25, 0.3) is 0 Å². The molecule has 8 heteroatoms. The number of halogens is 1. The highest BCUT2D eigenvalue weighted by molar-refractivity contribution is 9.10. The number of aromatic nitrogens is 1. The van der Waals surface area contributed by atoms with Crippen LogP contribution in [-0.4, -0.2) is 23.0 Å². The van der Waals surface area contributed by atoms with Crippen molar-refractivity contribution < 1.29 is 19.2 Å². The normalized spacial score (nSPS) is 10.6. The summed E-state index contributed by atoms with van der Waals surface area (Å²) in [4.78, 5) is 25.7.